The second-order valence-electron chi connectivity index (χ2n) is 5.42. The van der Waals surface area contributed by atoms with Crippen LogP contribution in [0.1, 0.15) is 6.92 Å². The Balaban J connectivity index is 1.71. The van der Waals surface area contributed by atoms with Crippen LogP contribution >= 0.6 is 0 Å². The molecule has 2 aromatic carbocycles. The number of benzene rings is 2. The molecule has 0 saturated heterocycles. The minimum Gasteiger partial charge on any atom is -0.497 e. The maximum absolute atomic E-state index is 11.9. The largest absolute Gasteiger partial charge is 0.497 e. The second-order valence-corrected chi connectivity index (χ2v) is 5.42. The Morgan fingerprint density at radius 1 is 0.920 bits per heavy atom. The fourth-order valence-corrected chi connectivity index (χ4v) is 2.09. The molecule has 0 radical (unpaired) electrons. The van der Waals surface area contributed by atoms with Crippen LogP contribution in [0.2, 0.25) is 0 Å². The average molecular weight is 345 g/mol. The maximum atomic E-state index is 11.9. The summed E-state index contributed by atoms with van der Waals surface area (Å²) >= 11 is 0. The lowest BCUT2D eigenvalue weighted by Gasteiger charge is -2.15. The van der Waals surface area contributed by atoms with Crippen molar-refractivity contribution in [2.45, 2.75) is 13.0 Å². The molecule has 0 aromatic heterocycles. The minimum atomic E-state index is -0.214. The molecule has 134 valence electrons. The van der Waals surface area contributed by atoms with E-state index in [9.17, 15) is 4.79 Å². The third-order valence-electron chi connectivity index (χ3n) is 3.38. The highest BCUT2D eigenvalue weighted by Crippen LogP contribution is 2.19. The van der Waals surface area contributed by atoms with Gasteiger partial charge in [-0.25, -0.2) is 0 Å². The normalized spacial score (nSPS) is 11.3. The fourth-order valence-electron chi connectivity index (χ4n) is 2.09. The van der Waals surface area contributed by atoms with E-state index in [1.54, 1.807) is 32.4 Å². The van der Waals surface area contributed by atoms with Crippen LogP contribution in [0.5, 0.6) is 23.0 Å². The first-order valence-electron chi connectivity index (χ1n) is 7.94. The van der Waals surface area contributed by atoms with Crippen LogP contribution in [-0.4, -0.2) is 39.4 Å². The van der Waals surface area contributed by atoms with E-state index in [0.29, 0.717) is 18.1 Å². The van der Waals surface area contributed by atoms with E-state index in [1.165, 1.54) is 0 Å². The number of ether oxygens (including phenoxy) is 4. The molecule has 0 fully saturated rings. The summed E-state index contributed by atoms with van der Waals surface area (Å²) in [5.41, 5.74) is 0. The highest BCUT2D eigenvalue weighted by atomic mass is 16.5. The monoisotopic (exact) mass is 345 g/mol. The maximum Gasteiger partial charge on any atom is 0.258 e. The smallest absolute Gasteiger partial charge is 0.258 e. The third kappa shape index (κ3) is 6.25. The zero-order valence-electron chi connectivity index (χ0n) is 14.7. The summed E-state index contributed by atoms with van der Waals surface area (Å²) in [5, 5.41) is 2.83. The zero-order chi connectivity index (χ0) is 18.1. The quantitative estimate of drug-likeness (QED) is 0.757. The second kappa shape index (κ2) is 9.42. The first kappa shape index (κ1) is 18.4. The lowest BCUT2D eigenvalue weighted by molar-refractivity contribution is -0.123. The van der Waals surface area contributed by atoms with E-state index in [-0.39, 0.29) is 18.6 Å². The summed E-state index contributed by atoms with van der Waals surface area (Å²) in [5.74, 6) is 2.53. The third-order valence-corrected chi connectivity index (χ3v) is 3.38. The van der Waals surface area contributed by atoms with E-state index < -0.39 is 0 Å². The van der Waals surface area contributed by atoms with Gasteiger partial charge >= 0.3 is 0 Å². The van der Waals surface area contributed by atoms with Crippen LogP contribution in [0.3, 0.4) is 0 Å². The van der Waals surface area contributed by atoms with Gasteiger partial charge in [0.2, 0.25) is 0 Å². The summed E-state index contributed by atoms with van der Waals surface area (Å²) in [7, 11) is 3.19. The van der Waals surface area contributed by atoms with Crippen molar-refractivity contribution in [1.29, 1.82) is 0 Å². The molecule has 6 heteroatoms. The number of carbonyl (C=O) groups is 1. The van der Waals surface area contributed by atoms with Gasteiger partial charge in [0, 0.05) is 6.07 Å². The van der Waals surface area contributed by atoms with Crippen molar-refractivity contribution in [3.8, 4) is 23.0 Å². The molecule has 0 bridgehead atoms. The Hall–Kier alpha value is -2.89. The lowest BCUT2D eigenvalue weighted by Crippen LogP contribution is -2.39. The van der Waals surface area contributed by atoms with Gasteiger partial charge in [-0.3, -0.25) is 4.79 Å². The SMILES string of the molecule is COc1ccc(OC[C@@H](C)NC(=O)COc2cccc(OC)c2)cc1. The van der Waals surface area contributed by atoms with Crippen molar-refractivity contribution in [3.05, 3.63) is 48.5 Å². The molecule has 1 atom stereocenters. The Morgan fingerprint density at radius 3 is 2.24 bits per heavy atom. The number of amides is 1. The molecule has 6 nitrogen and oxygen atoms in total. The molecule has 1 N–H and O–H groups in total. The van der Waals surface area contributed by atoms with E-state index in [1.807, 2.05) is 37.3 Å². The standard InChI is InChI=1S/C19H23NO5/c1-14(12-24-16-9-7-15(22-2)8-10-16)20-19(21)13-25-18-6-4-5-17(11-18)23-3/h4-11,14H,12-13H2,1-3H3,(H,20,21)/t14-/m1/s1. The Bertz CT molecular complexity index is 672. The van der Waals surface area contributed by atoms with Crippen molar-refractivity contribution >= 4 is 5.91 Å². The van der Waals surface area contributed by atoms with Crippen LogP contribution in [-0.2, 0) is 4.79 Å². The van der Waals surface area contributed by atoms with Gasteiger partial charge in [0.15, 0.2) is 6.61 Å². The van der Waals surface area contributed by atoms with Crippen molar-refractivity contribution in [2.24, 2.45) is 0 Å². The van der Waals surface area contributed by atoms with Crippen molar-refractivity contribution in [1.82, 2.24) is 5.32 Å². The minimum absolute atomic E-state index is 0.0694. The predicted octanol–water partition coefficient (Wildman–Crippen LogP) is 2.67. The van der Waals surface area contributed by atoms with E-state index >= 15 is 0 Å². The molecule has 25 heavy (non-hydrogen) atoms. The molecule has 0 unspecified atom stereocenters. The highest BCUT2D eigenvalue weighted by molar-refractivity contribution is 5.77. The summed E-state index contributed by atoms with van der Waals surface area (Å²) < 4.78 is 21.3. The Kier molecular flexibility index (Phi) is 6.95. The zero-order valence-corrected chi connectivity index (χ0v) is 14.7. The van der Waals surface area contributed by atoms with Gasteiger partial charge in [0.25, 0.3) is 5.91 Å². The summed E-state index contributed by atoms with van der Waals surface area (Å²) in [6, 6.07) is 14.2. The molecule has 2 rings (SSSR count). The van der Waals surface area contributed by atoms with E-state index in [4.69, 9.17) is 18.9 Å². The van der Waals surface area contributed by atoms with Gasteiger partial charge in [-0.2, -0.15) is 0 Å². The van der Waals surface area contributed by atoms with Gasteiger partial charge in [-0.15, -0.1) is 0 Å². The number of hydrogen-bond donors (Lipinski definition) is 1. The number of hydrogen-bond acceptors (Lipinski definition) is 5. The lowest BCUT2D eigenvalue weighted by atomic mass is 10.3. The molecule has 0 aliphatic carbocycles. The van der Waals surface area contributed by atoms with Crippen LogP contribution in [0.15, 0.2) is 48.5 Å². The van der Waals surface area contributed by atoms with E-state index in [2.05, 4.69) is 5.32 Å². The summed E-state index contributed by atoms with van der Waals surface area (Å²) in [4.78, 5) is 11.9. The first-order valence-corrected chi connectivity index (χ1v) is 7.94. The Labute approximate surface area is 147 Å². The van der Waals surface area contributed by atoms with Gasteiger partial charge in [-0.1, -0.05) is 6.07 Å². The Morgan fingerprint density at radius 2 is 1.56 bits per heavy atom. The number of rotatable bonds is 9. The fraction of sp³-hybridized carbons (Fsp3) is 0.316. The van der Waals surface area contributed by atoms with Crippen LogP contribution in [0, 0.1) is 0 Å². The van der Waals surface area contributed by atoms with Crippen molar-refractivity contribution < 1.29 is 23.7 Å². The molecule has 0 heterocycles. The van der Waals surface area contributed by atoms with Gasteiger partial charge in [0.1, 0.15) is 29.6 Å². The van der Waals surface area contributed by atoms with Crippen molar-refractivity contribution in [2.75, 3.05) is 27.4 Å². The number of carbonyl (C=O) groups excluding carboxylic acids is 1. The molecule has 0 aliphatic heterocycles. The molecule has 2 aromatic rings. The molecule has 0 aliphatic rings. The average Bonchev–Trinajstić information content (AvgIpc) is 2.65. The summed E-state index contributed by atoms with van der Waals surface area (Å²) in [6.07, 6.45) is 0. The predicted molar refractivity (Wildman–Crippen MR) is 94.6 cm³/mol. The highest BCUT2D eigenvalue weighted by Gasteiger charge is 2.09. The number of nitrogens with one attached hydrogen (secondary N) is 1. The molecular weight excluding hydrogens is 322 g/mol. The molecule has 0 spiro atoms. The number of methoxy groups -OCH3 is 2. The molecule has 1 amide bonds. The topological polar surface area (TPSA) is 66.0 Å². The van der Waals surface area contributed by atoms with Crippen LogP contribution in [0.4, 0.5) is 0 Å². The van der Waals surface area contributed by atoms with Crippen LogP contribution < -0.4 is 24.3 Å². The van der Waals surface area contributed by atoms with Gasteiger partial charge < -0.3 is 24.3 Å². The van der Waals surface area contributed by atoms with E-state index in [0.717, 1.165) is 11.5 Å². The summed E-state index contributed by atoms with van der Waals surface area (Å²) in [6.45, 7) is 2.16. The molecule has 0 saturated carbocycles. The first-order chi connectivity index (χ1) is 12.1. The molecular formula is C19H23NO5. The van der Waals surface area contributed by atoms with Gasteiger partial charge in [-0.05, 0) is 43.3 Å². The van der Waals surface area contributed by atoms with Crippen LogP contribution in [0.25, 0.3) is 0 Å². The van der Waals surface area contributed by atoms with Gasteiger partial charge in [0.05, 0.1) is 20.3 Å². The van der Waals surface area contributed by atoms with Crippen molar-refractivity contribution in [3.63, 3.8) is 0 Å².